The lowest BCUT2D eigenvalue weighted by Gasteiger charge is -2.22. The van der Waals surface area contributed by atoms with Gasteiger partial charge in [-0.1, -0.05) is 18.2 Å². The van der Waals surface area contributed by atoms with Gasteiger partial charge in [0.2, 0.25) is 11.7 Å². The topological polar surface area (TPSA) is 58.4 Å². The summed E-state index contributed by atoms with van der Waals surface area (Å²) >= 11 is 0. The minimum atomic E-state index is -0.163. The third kappa shape index (κ3) is 2.34. The van der Waals surface area contributed by atoms with E-state index in [1.165, 1.54) is 12.6 Å². The van der Waals surface area contributed by atoms with Gasteiger partial charge in [-0.25, -0.2) is 4.98 Å². The minimum absolute atomic E-state index is 0.163. The standard InChI is InChI=1S/C16H17N3O2/c20-15(18-13-10-19-7-6-12(13)9-19)14-8-17-16(21-14)11-4-2-1-3-5-11/h1-5,8,12-13H,6-7,9-10H2,(H,18,20)/t12-,13+/m1/s1. The van der Waals surface area contributed by atoms with Gasteiger partial charge in [-0.2, -0.15) is 0 Å². The SMILES string of the molecule is O=C(N[C@H]1CN2CC[C@@H]1C2)c1cnc(-c2ccccc2)o1. The van der Waals surface area contributed by atoms with Crippen LogP contribution in [-0.4, -0.2) is 41.5 Å². The molecule has 3 atom stereocenters. The van der Waals surface area contributed by atoms with Gasteiger partial charge in [0.1, 0.15) is 0 Å². The smallest absolute Gasteiger partial charge is 0.289 e. The zero-order valence-electron chi connectivity index (χ0n) is 11.7. The summed E-state index contributed by atoms with van der Waals surface area (Å²) in [5, 5.41) is 3.08. The van der Waals surface area contributed by atoms with Crippen LogP contribution < -0.4 is 5.32 Å². The summed E-state index contributed by atoms with van der Waals surface area (Å²) in [4.78, 5) is 18.8. The van der Waals surface area contributed by atoms with Gasteiger partial charge in [-0.3, -0.25) is 4.79 Å². The third-order valence-electron chi connectivity index (χ3n) is 4.40. The predicted octanol–water partition coefficient (Wildman–Crippen LogP) is 1.78. The van der Waals surface area contributed by atoms with Gasteiger partial charge >= 0.3 is 0 Å². The lowest BCUT2D eigenvalue weighted by atomic mass is 10.00. The van der Waals surface area contributed by atoms with Crippen molar-refractivity contribution in [3.63, 3.8) is 0 Å². The highest BCUT2D eigenvalue weighted by molar-refractivity contribution is 5.91. The quantitative estimate of drug-likeness (QED) is 0.932. The molecule has 2 saturated heterocycles. The van der Waals surface area contributed by atoms with E-state index in [1.54, 1.807) is 0 Å². The number of benzene rings is 1. The molecule has 0 aliphatic carbocycles. The van der Waals surface area contributed by atoms with Crippen molar-refractivity contribution in [1.29, 1.82) is 0 Å². The summed E-state index contributed by atoms with van der Waals surface area (Å²) in [6.07, 6.45) is 2.68. The summed E-state index contributed by atoms with van der Waals surface area (Å²) in [7, 11) is 0. The zero-order valence-corrected chi connectivity index (χ0v) is 11.7. The molecule has 1 amide bonds. The molecule has 0 saturated carbocycles. The zero-order chi connectivity index (χ0) is 14.2. The Morgan fingerprint density at radius 3 is 2.86 bits per heavy atom. The molecular weight excluding hydrogens is 266 g/mol. The lowest BCUT2D eigenvalue weighted by Crippen LogP contribution is -2.43. The highest BCUT2D eigenvalue weighted by Gasteiger charge is 2.39. The highest BCUT2D eigenvalue weighted by Crippen LogP contribution is 2.28. The first-order valence-corrected chi connectivity index (χ1v) is 7.34. The van der Waals surface area contributed by atoms with Crippen LogP contribution in [0.4, 0.5) is 0 Å². The normalized spacial score (nSPS) is 27.0. The van der Waals surface area contributed by atoms with E-state index in [4.69, 9.17) is 4.42 Å². The van der Waals surface area contributed by atoms with Gasteiger partial charge < -0.3 is 14.6 Å². The van der Waals surface area contributed by atoms with Gasteiger partial charge in [-0.05, 0) is 31.0 Å². The van der Waals surface area contributed by atoms with E-state index < -0.39 is 0 Å². The molecule has 1 unspecified atom stereocenters. The molecule has 2 aromatic rings. The van der Waals surface area contributed by atoms with E-state index in [-0.39, 0.29) is 17.7 Å². The molecule has 2 aliphatic rings. The van der Waals surface area contributed by atoms with Crippen molar-refractivity contribution in [1.82, 2.24) is 15.2 Å². The van der Waals surface area contributed by atoms with Crippen molar-refractivity contribution in [3.8, 4) is 11.5 Å². The average Bonchev–Trinajstić information content (AvgIpc) is 3.24. The molecule has 5 nitrogen and oxygen atoms in total. The fourth-order valence-corrected chi connectivity index (χ4v) is 3.28. The molecule has 3 heterocycles. The number of amides is 1. The first kappa shape index (κ1) is 12.6. The van der Waals surface area contributed by atoms with Crippen LogP contribution in [0.3, 0.4) is 0 Å². The fraction of sp³-hybridized carbons (Fsp3) is 0.375. The molecule has 1 aromatic carbocycles. The van der Waals surface area contributed by atoms with Crippen molar-refractivity contribution in [3.05, 3.63) is 42.3 Å². The van der Waals surface area contributed by atoms with Crippen LogP contribution in [0, 0.1) is 5.92 Å². The Kier molecular flexibility index (Phi) is 3.00. The number of nitrogens with one attached hydrogen (secondary N) is 1. The minimum Gasteiger partial charge on any atom is -0.431 e. The average molecular weight is 283 g/mol. The maximum Gasteiger partial charge on any atom is 0.289 e. The summed E-state index contributed by atoms with van der Waals surface area (Å²) in [5.41, 5.74) is 0.877. The third-order valence-corrected chi connectivity index (χ3v) is 4.40. The van der Waals surface area contributed by atoms with Crippen LogP contribution in [0.25, 0.3) is 11.5 Å². The van der Waals surface area contributed by atoms with Crippen LogP contribution in [-0.2, 0) is 0 Å². The summed E-state index contributed by atoms with van der Waals surface area (Å²) in [5.74, 6) is 1.19. The summed E-state index contributed by atoms with van der Waals surface area (Å²) in [6, 6.07) is 9.85. The number of nitrogens with zero attached hydrogens (tertiary/aromatic N) is 2. The molecule has 1 N–H and O–H groups in total. The maximum absolute atomic E-state index is 12.3. The van der Waals surface area contributed by atoms with E-state index in [9.17, 15) is 4.79 Å². The van der Waals surface area contributed by atoms with Crippen LogP contribution in [0.5, 0.6) is 0 Å². The van der Waals surface area contributed by atoms with Gasteiger partial charge in [0.25, 0.3) is 5.91 Å². The van der Waals surface area contributed by atoms with Gasteiger partial charge in [0.05, 0.1) is 6.20 Å². The van der Waals surface area contributed by atoms with Crippen molar-refractivity contribution in [2.75, 3.05) is 19.6 Å². The van der Waals surface area contributed by atoms with Crippen LogP contribution in [0.15, 0.2) is 40.9 Å². The molecule has 2 bridgehead atoms. The Bertz CT molecular complexity index is 653. The molecule has 21 heavy (non-hydrogen) atoms. The number of carbonyl (C=O) groups excluding carboxylic acids is 1. The Hall–Kier alpha value is -2.14. The van der Waals surface area contributed by atoms with Crippen molar-refractivity contribution in [2.45, 2.75) is 12.5 Å². The molecule has 0 radical (unpaired) electrons. The number of oxazole rings is 1. The van der Waals surface area contributed by atoms with E-state index >= 15 is 0 Å². The lowest BCUT2D eigenvalue weighted by molar-refractivity contribution is 0.0897. The number of hydrogen-bond donors (Lipinski definition) is 1. The number of fused-ring (bicyclic) bond motifs is 2. The van der Waals surface area contributed by atoms with E-state index in [0.29, 0.717) is 11.8 Å². The molecule has 108 valence electrons. The summed E-state index contributed by atoms with van der Waals surface area (Å²) in [6.45, 7) is 3.23. The van der Waals surface area contributed by atoms with Crippen LogP contribution in [0.2, 0.25) is 0 Å². The first-order valence-electron chi connectivity index (χ1n) is 7.34. The monoisotopic (exact) mass is 283 g/mol. The maximum atomic E-state index is 12.3. The molecule has 2 aliphatic heterocycles. The van der Waals surface area contributed by atoms with Crippen LogP contribution >= 0.6 is 0 Å². The van der Waals surface area contributed by atoms with Gasteiger partial charge in [0, 0.05) is 24.7 Å². The number of carbonyl (C=O) groups is 1. The Labute approximate surface area is 123 Å². The number of piperidine rings is 1. The molecule has 5 heteroatoms. The Morgan fingerprint density at radius 2 is 2.14 bits per heavy atom. The predicted molar refractivity (Wildman–Crippen MR) is 77.7 cm³/mol. The van der Waals surface area contributed by atoms with Crippen molar-refractivity contribution in [2.24, 2.45) is 5.92 Å². The van der Waals surface area contributed by atoms with Crippen molar-refractivity contribution >= 4 is 5.91 Å². The molecule has 2 fully saturated rings. The summed E-state index contributed by atoms with van der Waals surface area (Å²) < 4.78 is 5.59. The molecule has 0 spiro atoms. The van der Waals surface area contributed by atoms with E-state index in [2.05, 4.69) is 15.2 Å². The van der Waals surface area contributed by atoms with Crippen molar-refractivity contribution < 1.29 is 9.21 Å². The number of hydrogen-bond acceptors (Lipinski definition) is 4. The second kappa shape index (κ2) is 5.00. The highest BCUT2D eigenvalue weighted by atomic mass is 16.4. The Morgan fingerprint density at radius 1 is 1.29 bits per heavy atom. The molecule has 4 rings (SSSR count). The fourth-order valence-electron chi connectivity index (χ4n) is 3.28. The van der Waals surface area contributed by atoms with Gasteiger partial charge in [0.15, 0.2) is 0 Å². The Balaban J connectivity index is 1.47. The molecule has 1 aromatic heterocycles. The molecular formula is C16H17N3O2. The van der Waals surface area contributed by atoms with E-state index in [0.717, 1.165) is 25.2 Å². The largest absolute Gasteiger partial charge is 0.431 e. The first-order chi connectivity index (χ1) is 10.3. The second-order valence-electron chi connectivity index (χ2n) is 5.78. The van der Waals surface area contributed by atoms with E-state index in [1.807, 2.05) is 30.3 Å². The number of rotatable bonds is 3. The van der Waals surface area contributed by atoms with Crippen LogP contribution in [0.1, 0.15) is 17.0 Å². The number of aromatic nitrogens is 1. The van der Waals surface area contributed by atoms with Gasteiger partial charge in [-0.15, -0.1) is 0 Å². The second-order valence-corrected chi connectivity index (χ2v) is 5.78.